The SMILES string of the molecule is CC(C)(C)C(NC(=O)c1cn(CCCC(O)CF)c2ccccc12)C(N)=O. The Kier molecular flexibility index (Phi) is 6.59. The van der Waals surface area contributed by atoms with Crippen LogP contribution < -0.4 is 11.1 Å². The Labute approximate surface area is 158 Å². The summed E-state index contributed by atoms with van der Waals surface area (Å²) in [5.74, 6) is -0.952. The number of aliphatic hydroxyl groups excluding tert-OH is 1. The fourth-order valence-corrected chi connectivity index (χ4v) is 3.11. The number of carbonyl (C=O) groups excluding carboxylic acids is 2. The van der Waals surface area contributed by atoms with Crippen molar-refractivity contribution >= 4 is 22.7 Å². The average molecular weight is 377 g/mol. The number of para-hydroxylation sites is 1. The molecule has 2 amide bonds. The van der Waals surface area contributed by atoms with Crippen molar-refractivity contribution in [3.63, 3.8) is 0 Å². The van der Waals surface area contributed by atoms with Gasteiger partial charge in [0.15, 0.2) is 0 Å². The van der Waals surface area contributed by atoms with Crippen molar-refractivity contribution in [2.45, 2.75) is 52.3 Å². The Morgan fingerprint density at radius 1 is 1.30 bits per heavy atom. The first-order valence-electron chi connectivity index (χ1n) is 9.07. The van der Waals surface area contributed by atoms with Crippen LogP contribution in [0.4, 0.5) is 4.39 Å². The van der Waals surface area contributed by atoms with Crippen LogP contribution in [0.2, 0.25) is 0 Å². The highest BCUT2D eigenvalue weighted by molar-refractivity contribution is 6.08. The minimum Gasteiger partial charge on any atom is -0.390 e. The van der Waals surface area contributed by atoms with Crippen LogP contribution >= 0.6 is 0 Å². The summed E-state index contributed by atoms with van der Waals surface area (Å²) in [7, 11) is 0. The van der Waals surface area contributed by atoms with Gasteiger partial charge in [-0.3, -0.25) is 9.59 Å². The van der Waals surface area contributed by atoms with Crippen LogP contribution in [0.25, 0.3) is 10.9 Å². The maximum Gasteiger partial charge on any atom is 0.254 e. The van der Waals surface area contributed by atoms with Gasteiger partial charge in [0.05, 0.1) is 11.7 Å². The summed E-state index contributed by atoms with van der Waals surface area (Å²) in [6.07, 6.45) is 1.69. The standard InChI is InChI=1S/C20H28FN3O3/c1-20(2,3)17(18(22)26)23-19(27)15-12-24(10-6-7-13(25)11-21)16-9-5-4-8-14(15)16/h4-5,8-9,12-13,17,25H,6-7,10-11H2,1-3H3,(H2,22,26)(H,23,27). The number of hydrogen-bond acceptors (Lipinski definition) is 3. The third-order valence-electron chi connectivity index (χ3n) is 4.57. The lowest BCUT2D eigenvalue weighted by Crippen LogP contribution is -2.52. The smallest absolute Gasteiger partial charge is 0.254 e. The van der Waals surface area contributed by atoms with Crippen LogP contribution in [0.15, 0.2) is 30.5 Å². The van der Waals surface area contributed by atoms with Crippen LogP contribution in [0.1, 0.15) is 44.0 Å². The molecule has 2 unspecified atom stereocenters. The number of primary amides is 1. The van der Waals surface area contributed by atoms with Gasteiger partial charge in [-0.1, -0.05) is 39.0 Å². The van der Waals surface area contributed by atoms with Gasteiger partial charge in [0.25, 0.3) is 5.91 Å². The van der Waals surface area contributed by atoms with E-state index < -0.39 is 30.1 Å². The van der Waals surface area contributed by atoms with E-state index in [1.165, 1.54) is 0 Å². The van der Waals surface area contributed by atoms with Crippen molar-refractivity contribution < 1.29 is 19.1 Å². The van der Waals surface area contributed by atoms with Crippen molar-refractivity contribution in [1.29, 1.82) is 0 Å². The fraction of sp³-hybridized carbons (Fsp3) is 0.500. The monoisotopic (exact) mass is 377 g/mol. The van der Waals surface area contributed by atoms with Gasteiger partial charge in [-0.15, -0.1) is 0 Å². The summed E-state index contributed by atoms with van der Waals surface area (Å²) in [5, 5.41) is 12.9. The van der Waals surface area contributed by atoms with Gasteiger partial charge in [0.1, 0.15) is 12.7 Å². The Morgan fingerprint density at radius 2 is 1.96 bits per heavy atom. The first-order valence-corrected chi connectivity index (χ1v) is 9.07. The topological polar surface area (TPSA) is 97.3 Å². The van der Waals surface area contributed by atoms with Crippen LogP contribution in [0.5, 0.6) is 0 Å². The molecule has 7 heteroatoms. The highest BCUT2D eigenvalue weighted by atomic mass is 19.1. The van der Waals surface area contributed by atoms with Gasteiger partial charge < -0.3 is 20.7 Å². The van der Waals surface area contributed by atoms with Crippen LogP contribution in [-0.2, 0) is 11.3 Å². The minimum atomic E-state index is -0.960. The molecule has 0 saturated heterocycles. The number of halogens is 1. The van der Waals surface area contributed by atoms with Crippen LogP contribution in [0, 0.1) is 5.41 Å². The maximum absolute atomic E-state index is 12.8. The first-order chi connectivity index (χ1) is 12.6. The fourth-order valence-electron chi connectivity index (χ4n) is 3.11. The van der Waals surface area contributed by atoms with Crippen molar-refractivity contribution in [2.24, 2.45) is 11.1 Å². The molecule has 0 radical (unpaired) electrons. The van der Waals surface area contributed by atoms with E-state index in [1.54, 1.807) is 6.20 Å². The molecule has 27 heavy (non-hydrogen) atoms. The number of rotatable bonds is 8. The van der Waals surface area contributed by atoms with Gasteiger partial charge in [-0.25, -0.2) is 4.39 Å². The molecule has 0 aliphatic heterocycles. The van der Waals surface area contributed by atoms with Crippen molar-refractivity contribution in [3.8, 4) is 0 Å². The summed E-state index contributed by atoms with van der Waals surface area (Å²) in [5.41, 5.74) is 6.27. The molecule has 1 aromatic carbocycles. The number of aryl methyl sites for hydroxylation is 1. The van der Waals surface area contributed by atoms with Gasteiger partial charge in [-0.2, -0.15) is 0 Å². The number of alkyl halides is 1. The summed E-state index contributed by atoms with van der Waals surface area (Å²) in [6, 6.07) is 6.65. The highest BCUT2D eigenvalue weighted by Gasteiger charge is 2.32. The number of aliphatic hydroxyl groups is 1. The Bertz CT molecular complexity index is 810. The zero-order chi connectivity index (χ0) is 20.2. The number of aromatic nitrogens is 1. The van der Waals surface area contributed by atoms with Gasteiger partial charge in [0, 0.05) is 23.6 Å². The van der Waals surface area contributed by atoms with E-state index in [1.807, 2.05) is 49.6 Å². The third-order valence-corrected chi connectivity index (χ3v) is 4.57. The number of fused-ring (bicyclic) bond motifs is 1. The summed E-state index contributed by atoms with van der Waals surface area (Å²) < 4.78 is 14.3. The Balaban J connectivity index is 2.27. The number of carbonyl (C=O) groups is 2. The summed E-state index contributed by atoms with van der Waals surface area (Å²) in [4.78, 5) is 24.6. The quantitative estimate of drug-likeness (QED) is 0.659. The molecule has 1 heterocycles. The van der Waals surface area contributed by atoms with Crippen molar-refractivity contribution in [3.05, 3.63) is 36.0 Å². The van der Waals surface area contributed by atoms with E-state index in [9.17, 15) is 19.1 Å². The molecule has 4 N–H and O–H groups in total. The van der Waals surface area contributed by atoms with Crippen LogP contribution in [-0.4, -0.2) is 40.3 Å². The molecular formula is C20H28FN3O3. The maximum atomic E-state index is 12.8. The number of nitrogens with two attached hydrogens (primary N) is 1. The predicted octanol–water partition coefficient (Wildman–Crippen LogP) is 2.38. The van der Waals surface area contributed by atoms with E-state index in [2.05, 4.69) is 5.32 Å². The first kappa shape index (κ1) is 20.9. The molecular weight excluding hydrogens is 349 g/mol. The van der Waals surface area contributed by atoms with E-state index >= 15 is 0 Å². The number of amides is 2. The summed E-state index contributed by atoms with van der Waals surface area (Å²) in [6.45, 7) is 5.29. The molecule has 0 saturated carbocycles. The number of hydrogen-bond donors (Lipinski definition) is 3. The second-order valence-corrected chi connectivity index (χ2v) is 7.88. The number of nitrogens with zero attached hydrogens (tertiary/aromatic N) is 1. The summed E-state index contributed by atoms with van der Waals surface area (Å²) >= 11 is 0. The molecule has 0 aliphatic rings. The van der Waals surface area contributed by atoms with E-state index in [-0.39, 0.29) is 5.91 Å². The minimum absolute atomic E-state index is 0.346. The van der Waals surface area contributed by atoms with Gasteiger partial charge in [-0.05, 0) is 24.3 Å². The van der Waals surface area contributed by atoms with E-state index in [4.69, 9.17) is 5.73 Å². The number of nitrogens with one attached hydrogen (secondary N) is 1. The second-order valence-electron chi connectivity index (χ2n) is 7.88. The molecule has 2 aromatic rings. The van der Waals surface area contributed by atoms with Gasteiger partial charge >= 0.3 is 0 Å². The highest BCUT2D eigenvalue weighted by Crippen LogP contribution is 2.24. The van der Waals surface area contributed by atoms with Crippen molar-refractivity contribution in [2.75, 3.05) is 6.67 Å². The molecule has 148 valence electrons. The lowest BCUT2D eigenvalue weighted by Gasteiger charge is -2.28. The zero-order valence-corrected chi connectivity index (χ0v) is 16.0. The third kappa shape index (κ3) is 5.07. The van der Waals surface area contributed by atoms with E-state index in [0.717, 1.165) is 10.9 Å². The average Bonchev–Trinajstić information content (AvgIpc) is 2.97. The van der Waals surface area contributed by atoms with Crippen molar-refractivity contribution in [1.82, 2.24) is 9.88 Å². The molecule has 0 bridgehead atoms. The second kappa shape index (κ2) is 8.52. The molecule has 2 rings (SSSR count). The van der Waals surface area contributed by atoms with E-state index in [0.29, 0.717) is 24.9 Å². The number of benzene rings is 1. The largest absolute Gasteiger partial charge is 0.390 e. The molecule has 0 aliphatic carbocycles. The van der Waals surface area contributed by atoms with Crippen LogP contribution in [0.3, 0.4) is 0 Å². The zero-order valence-electron chi connectivity index (χ0n) is 16.0. The molecule has 0 spiro atoms. The normalized spacial score (nSPS) is 14.1. The Morgan fingerprint density at radius 3 is 2.56 bits per heavy atom. The lowest BCUT2D eigenvalue weighted by atomic mass is 9.86. The molecule has 1 aromatic heterocycles. The molecule has 0 fully saturated rings. The van der Waals surface area contributed by atoms with Gasteiger partial charge in [0.2, 0.25) is 5.91 Å². The lowest BCUT2D eigenvalue weighted by molar-refractivity contribution is -0.122. The molecule has 6 nitrogen and oxygen atoms in total. The molecule has 2 atom stereocenters. The predicted molar refractivity (Wildman–Crippen MR) is 103 cm³/mol. The Hall–Kier alpha value is -2.41.